The summed E-state index contributed by atoms with van der Waals surface area (Å²) in [6.45, 7) is 2.61. The summed E-state index contributed by atoms with van der Waals surface area (Å²) in [4.78, 5) is 28.9. The third kappa shape index (κ3) is 5.79. The fourth-order valence-electron chi connectivity index (χ4n) is 3.72. The van der Waals surface area contributed by atoms with Crippen LogP contribution in [0.3, 0.4) is 0 Å². The van der Waals surface area contributed by atoms with Crippen molar-refractivity contribution in [3.63, 3.8) is 0 Å². The van der Waals surface area contributed by atoms with E-state index >= 15 is 0 Å². The van der Waals surface area contributed by atoms with E-state index in [0.29, 0.717) is 11.6 Å². The number of nitrogens with zero attached hydrogens (tertiary/aromatic N) is 2. The van der Waals surface area contributed by atoms with Gasteiger partial charge in [0.05, 0.1) is 6.54 Å². The predicted octanol–water partition coefficient (Wildman–Crippen LogP) is 4.39. The number of amides is 1. The minimum Gasteiger partial charge on any atom is -0.480 e. The second-order valence-electron chi connectivity index (χ2n) is 7.64. The van der Waals surface area contributed by atoms with Gasteiger partial charge in [0.2, 0.25) is 5.91 Å². The Kier molecular flexibility index (Phi) is 8.22. The van der Waals surface area contributed by atoms with Crippen molar-refractivity contribution in [1.82, 2.24) is 14.9 Å². The molecule has 0 radical (unpaired) electrons. The van der Waals surface area contributed by atoms with Gasteiger partial charge >= 0.3 is 5.97 Å². The average Bonchev–Trinajstić information content (AvgIpc) is 3.38. The van der Waals surface area contributed by atoms with E-state index in [2.05, 4.69) is 17.2 Å². The molecule has 1 heterocycles. The van der Waals surface area contributed by atoms with E-state index in [1.807, 2.05) is 28.8 Å². The Morgan fingerprint density at radius 1 is 1.33 bits per heavy atom. The number of rotatable bonds is 10. The lowest BCUT2D eigenvalue weighted by Crippen LogP contribution is -2.44. The van der Waals surface area contributed by atoms with Gasteiger partial charge in [0, 0.05) is 35.0 Å². The number of aliphatic carboxylic acids is 1. The fraction of sp³-hybridized carbons (Fsp3) is 0.500. The maximum atomic E-state index is 12.5. The monoisotopic (exact) mass is 449 g/mol. The molecule has 0 aliphatic heterocycles. The molecule has 0 bridgehead atoms. The summed E-state index contributed by atoms with van der Waals surface area (Å²) in [5.74, 6) is -0.345. The molecular weight excluding hydrogens is 422 g/mol. The van der Waals surface area contributed by atoms with Crippen LogP contribution < -0.4 is 5.32 Å². The first kappa shape index (κ1) is 22.7. The molecule has 3 rings (SSSR count). The molecule has 162 valence electrons. The smallest absolute Gasteiger partial charge is 0.326 e. The molecule has 2 aromatic rings. The molecule has 2 N–H and O–H groups in total. The Labute approximate surface area is 186 Å². The maximum absolute atomic E-state index is 12.5. The van der Waals surface area contributed by atoms with Crippen molar-refractivity contribution in [2.45, 2.75) is 63.2 Å². The van der Waals surface area contributed by atoms with Crippen molar-refractivity contribution in [2.24, 2.45) is 5.92 Å². The highest BCUT2D eigenvalue weighted by molar-refractivity contribution is 7.99. The maximum Gasteiger partial charge on any atom is 0.326 e. The quantitative estimate of drug-likeness (QED) is 0.525. The van der Waals surface area contributed by atoms with Gasteiger partial charge in [-0.05, 0) is 30.9 Å². The molecule has 1 amide bonds. The largest absolute Gasteiger partial charge is 0.480 e. The molecule has 1 unspecified atom stereocenters. The van der Waals surface area contributed by atoms with Crippen LogP contribution in [0.1, 0.15) is 50.3 Å². The SMILES string of the molecule is CCCSc1ncc(CC(NC(=O)C2CCCC2)C(=O)O)n1Cc1ccccc1Cl. The van der Waals surface area contributed by atoms with Gasteiger partial charge in [-0.3, -0.25) is 4.79 Å². The van der Waals surface area contributed by atoms with Gasteiger partial charge in [-0.2, -0.15) is 0 Å². The number of carboxylic acid groups (broad SMARTS) is 1. The molecule has 30 heavy (non-hydrogen) atoms. The van der Waals surface area contributed by atoms with E-state index in [1.165, 1.54) is 0 Å². The molecule has 6 nitrogen and oxygen atoms in total. The number of hydrogen-bond acceptors (Lipinski definition) is 4. The first-order chi connectivity index (χ1) is 14.5. The summed E-state index contributed by atoms with van der Waals surface area (Å²) in [7, 11) is 0. The number of carboxylic acids is 1. The van der Waals surface area contributed by atoms with Gasteiger partial charge in [0.15, 0.2) is 5.16 Å². The molecule has 8 heteroatoms. The summed E-state index contributed by atoms with van der Waals surface area (Å²) < 4.78 is 2.01. The van der Waals surface area contributed by atoms with Crippen LogP contribution in [0.4, 0.5) is 0 Å². The molecule has 1 aliphatic rings. The summed E-state index contributed by atoms with van der Waals surface area (Å²) in [6.07, 6.45) is 6.62. The van der Waals surface area contributed by atoms with Crippen LogP contribution in [-0.2, 0) is 22.6 Å². The number of nitrogens with one attached hydrogen (secondary N) is 1. The van der Waals surface area contributed by atoms with Gasteiger partial charge in [-0.15, -0.1) is 0 Å². The van der Waals surface area contributed by atoms with Crippen molar-refractivity contribution in [1.29, 1.82) is 0 Å². The highest BCUT2D eigenvalue weighted by Crippen LogP contribution is 2.26. The lowest BCUT2D eigenvalue weighted by molar-refractivity contribution is -0.142. The van der Waals surface area contributed by atoms with E-state index in [4.69, 9.17) is 11.6 Å². The number of thioether (sulfide) groups is 1. The standard InChI is InChI=1S/C22H28ClN3O3S/c1-2-11-30-22-24-13-17(26(22)14-16-9-5-6-10-18(16)23)12-19(21(28)29)25-20(27)15-7-3-4-8-15/h5-6,9-10,13,15,19H,2-4,7-8,11-12,14H2,1H3,(H,25,27)(H,28,29). The highest BCUT2D eigenvalue weighted by atomic mass is 35.5. The number of benzene rings is 1. The fourth-order valence-corrected chi connectivity index (χ4v) is 4.76. The van der Waals surface area contributed by atoms with E-state index < -0.39 is 12.0 Å². The second-order valence-corrected chi connectivity index (χ2v) is 9.11. The van der Waals surface area contributed by atoms with Crippen LogP contribution in [0.25, 0.3) is 0 Å². The summed E-state index contributed by atoms with van der Waals surface area (Å²) >= 11 is 7.99. The third-order valence-electron chi connectivity index (χ3n) is 5.38. The Hall–Kier alpha value is -1.99. The molecule has 1 atom stereocenters. The number of halogens is 1. The molecule has 0 saturated heterocycles. The number of carbonyl (C=O) groups excluding carboxylic acids is 1. The van der Waals surface area contributed by atoms with Crippen LogP contribution >= 0.6 is 23.4 Å². The van der Waals surface area contributed by atoms with Crippen LogP contribution in [0.2, 0.25) is 5.02 Å². The summed E-state index contributed by atoms with van der Waals surface area (Å²) in [5, 5.41) is 14.0. The molecule has 0 spiro atoms. The highest BCUT2D eigenvalue weighted by Gasteiger charge is 2.28. The van der Waals surface area contributed by atoms with Gasteiger partial charge < -0.3 is 15.0 Å². The molecule has 1 aromatic carbocycles. The number of aromatic nitrogens is 2. The van der Waals surface area contributed by atoms with Gasteiger partial charge in [-0.1, -0.05) is 61.3 Å². The number of carbonyl (C=O) groups is 2. The molecule has 1 aromatic heterocycles. The third-order valence-corrected chi connectivity index (χ3v) is 6.94. The first-order valence-corrected chi connectivity index (χ1v) is 11.8. The number of hydrogen-bond donors (Lipinski definition) is 2. The minimum atomic E-state index is -1.03. The Bertz CT molecular complexity index is 880. The molecular formula is C22H28ClN3O3S. The summed E-state index contributed by atoms with van der Waals surface area (Å²) in [5.41, 5.74) is 1.71. The zero-order chi connectivity index (χ0) is 21.5. The van der Waals surface area contributed by atoms with Crippen LogP contribution in [0, 0.1) is 5.92 Å². The van der Waals surface area contributed by atoms with E-state index in [9.17, 15) is 14.7 Å². The topological polar surface area (TPSA) is 84.2 Å². The second kappa shape index (κ2) is 10.9. The van der Waals surface area contributed by atoms with Gasteiger partial charge in [-0.25, -0.2) is 9.78 Å². The van der Waals surface area contributed by atoms with Crippen molar-refractivity contribution >= 4 is 35.2 Å². The van der Waals surface area contributed by atoms with Crippen molar-refractivity contribution in [2.75, 3.05) is 5.75 Å². The van der Waals surface area contributed by atoms with Crippen LogP contribution in [0.5, 0.6) is 0 Å². The van der Waals surface area contributed by atoms with E-state index in [0.717, 1.165) is 54.3 Å². The average molecular weight is 450 g/mol. The predicted molar refractivity (Wildman–Crippen MR) is 119 cm³/mol. The molecule has 1 aliphatic carbocycles. The van der Waals surface area contributed by atoms with Crippen molar-refractivity contribution in [3.05, 3.63) is 46.7 Å². The zero-order valence-corrected chi connectivity index (χ0v) is 18.7. The van der Waals surface area contributed by atoms with Crippen molar-refractivity contribution < 1.29 is 14.7 Å². The van der Waals surface area contributed by atoms with E-state index in [-0.39, 0.29) is 18.2 Å². The van der Waals surface area contributed by atoms with Gasteiger partial charge in [0.1, 0.15) is 6.04 Å². The number of imidazole rings is 1. The lowest BCUT2D eigenvalue weighted by Gasteiger charge is -2.19. The molecule has 1 fully saturated rings. The Balaban J connectivity index is 1.81. The Morgan fingerprint density at radius 2 is 2.07 bits per heavy atom. The van der Waals surface area contributed by atoms with Crippen LogP contribution in [0.15, 0.2) is 35.6 Å². The van der Waals surface area contributed by atoms with E-state index in [1.54, 1.807) is 18.0 Å². The summed E-state index contributed by atoms with van der Waals surface area (Å²) in [6, 6.07) is 6.62. The minimum absolute atomic E-state index is 0.0736. The van der Waals surface area contributed by atoms with Crippen molar-refractivity contribution in [3.8, 4) is 0 Å². The van der Waals surface area contributed by atoms with Gasteiger partial charge in [0.25, 0.3) is 0 Å². The zero-order valence-electron chi connectivity index (χ0n) is 17.1. The Morgan fingerprint density at radius 3 is 2.73 bits per heavy atom. The van der Waals surface area contributed by atoms with Crippen LogP contribution in [-0.4, -0.2) is 38.3 Å². The lowest BCUT2D eigenvalue weighted by atomic mass is 10.1. The normalized spacial score (nSPS) is 15.3. The molecule has 1 saturated carbocycles. The first-order valence-electron chi connectivity index (χ1n) is 10.4.